The highest BCUT2D eigenvalue weighted by molar-refractivity contribution is 5.97. The molecule has 2 heterocycles. The van der Waals surface area contributed by atoms with E-state index in [0.717, 1.165) is 32.1 Å². The number of carbonyl (C=O) groups excluding carboxylic acids is 2. The molecule has 2 bridgehead atoms. The molecule has 2 aliphatic heterocycles. The number of rotatable bonds is 1. The largest absolute Gasteiger partial charge is 0.460 e. The molecule has 0 amide bonds. The molecule has 6 fully saturated rings. The Morgan fingerprint density at radius 2 is 1.71 bits per heavy atom. The van der Waals surface area contributed by atoms with Crippen molar-refractivity contribution < 1.29 is 29.3 Å². The van der Waals surface area contributed by atoms with E-state index in [4.69, 9.17) is 9.47 Å². The predicted octanol–water partition coefficient (Wildman–Crippen LogP) is 3.33. The van der Waals surface area contributed by atoms with Crippen LogP contribution in [0.15, 0.2) is 12.2 Å². The fourth-order valence-corrected chi connectivity index (χ4v) is 10.5. The van der Waals surface area contributed by atoms with Gasteiger partial charge in [0.2, 0.25) is 0 Å². The van der Waals surface area contributed by atoms with Gasteiger partial charge in [0.15, 0.2) is 11.4 Å². The van der Waals surface area contributed by atoms with E-state index in [0.29, 0.717) is 31.1 Å². The van der Waals surface area contributed by atoms with Gasteiger partial charge in [-0.15, -0.1) is 0 Å². The molecular weight excluding hydrogens is 432 g/mol. The van der Waals surface area contributed by atoms with Gasteiger partial charge in [0.1, 0.15) is 11.7 Å². The van der Waals surface area contributed by atoms with Gasteiger partial charge in [0.25, 0.3) is 0 Å². The topological polar surface area (TPSA) is 96.4 Å². The van der Waals surface area contributed by atoms with E-state index in [1.165, 1.54) is 0 Å². The van der Waals surface area contributed by atoms with E-state index in [2.05, 4.69) is 13.8 Å². The van der Waals surface area contributed by atoms with Gasteiger partial charge in [-0.2, -0.15) is 0 Å². The average molecular weight is 471 g/mol. The van der Waals surface area contributed by atoms with E-state index in [1.54, 1.807) is 13.0 Å². The van der Waals surface area contributed by atoms with E-state index in [1.807, 2.05) is 13.0 Å². The van der Waals surface area contributed by atoms with Crippen LogP contribution < -0.4 is 0 Å². The first-order valence-corrected chi connectivity index (χ1v) is 13.4. The quantitative estimate of drug-likeness (QED) is 0.451. The molecule has 4 saturated carbocycles. The van der Waals surface area contributed by atoms with Crippen molar-refractivity contribution in [2.45, 2.75) is 108 Å². The lowest BCUT2D eigenvalue weighted by atomic mass is 9.44. The number of hydrogen-bond donors (Lipinski definition) is 2. The maximum Gasteiger partial charge on any atom is 0.338 e. The van der Waals surface area contributed by atoms with Gasteiger partial charge in [-0.1, -0.05) is 19.9 Å². The molecule has 0 aromatic heterocycles. The van der Waals surface area contributed by atoms with Crippen LogP contribution in [0.2, 0.25) is 0 Å². The number of esters is 1. The highest BCUT2D eigenvalue weighted by atomic mass is 16.6. The van der Waals surface area contributed by atoms with Crippen LogP contribution in [0.3, 0.4) is 0 Å². The van der Waals surface area contributed by atoms with Crippen LogP contribution in [0.5, 0.6) is 0 Å². The zero-order valence-electron chi connectivity index (χ0n) is 20.8. The number of hydrogen-bond acceptors (Lipinski definition) is 6. The fourth-order valence-electron chi connectivity index (χ4n) is 10.5. The minimum atomic E-state index is -1.52. The number of aliphatic hydroxyl groups is 2. The number of allylic oxidation sites excluding steroid dienone is 1. The van der Waals surface area contributed by atoms with Gasteiger partial charge in [-0.05, 0) is 94.5 Å². The van der Waals surface area contributed by atoms with E-state index in [9.17, 15) is 19.8 Å². The number of ether oxygens (including phenoxy) is 2. The molecule has 7 rings (SSSR count). The summed E-state index contributed by atoms with van der Waals surface area (Å²) in [5.41, 5.74) is -4.13. The third-order valence-electron chi connectivity index (χ3n) is 13.0. The summed E-state index contributed by atoms with van der Waals surface area (Å²) in [5, 5.41) is 23.5. The zero-order chi connectivity index (χ0) is 24.1. The molecular formula is C28H38O6. The number of ketones is 1. The highest BCUT2D eigenvalue weighted by Crippen LogP contribution is 2.74. The van der Waals surface area contributed by atoms with Gasteiger partial charge in [-0.3, -0.25) is 4.79 Å². The third-order valence-corrected chi connectivity index (χ3v) is 13.0. The van der Waals surface area contributed by atoms with Crippen LogP contribution in [-0.4, -0.2) is 51.0 Å². The second-order valence-electron chi connectivity index (χ2n) is 13.8. The first-order valence-electron chi connectivity index (χ1n) is 13.4. The number of carbonyl (C=O) groups is 2. The van der Waals surface area contributed by atoms with E-state index < -0.39 is 28.0 Å². The van der Waals surface area contributed by atoms with Gasteiger partial charge in [0, 0.05) is 11.3 Å². The van der Waals surface area contributed by atoms with Crippen molar-refractivity contribution in [3.8, 4) is 0 Å². The van der Waals surface area contributed by atoms with E-state index >= 15 is 0 Å². The molecule has 6 nitrogen and oxygen atoms in total. The smallest absolute Gasteiger partial charge is 0.338 e. The van der Waals surface area contributed by atoms with Crippen molar-refractivity contribution in [1.29, 1.82) is 0 Å². The Bertz CT molecular complexity index is 1030. The van der Waals surface area contributed by atoms with Gasteiger partial charge >= 0.3 is 5.97 Å². The van der Waals surface area contributed by atoms with Crippen LogP contribution in [0.4, 0.5) is 0 Å². The molecule has 34 heavy (non-hydrogen) atoms. The predicted molar refractivity (Wildman–Crippen MR) is 122 cm³/mol. The fraction of sp³-hybridized carbons (Fsp3) is 0.857. The van der Waals surface area contributed by atoms with Crippen LogP contribution in [0.25, 0.3) is 0 Å². The maximum absolute atomic E-state index is 13.3. The van der Waals surface area contributed by atoms with Crippen LogP contribution in [-0.2, 0) is 19.1 Å². The number of epoxide rings is 1. The maximum atomic E-state index is 13.3. The lowest BCUT2D eigenvalue weighted by Gasteiger charge is -2.59. The Hall–Kier alpha value is -1.24. The van der Waals surface area contributed by atoms with Gasteiger partial charge < -0.3 is 19.7 Å². The molecule has 7 aliphatic rings. The lowest BCUT2D eigenvalue weighted by Crippen LogP contribution is -2.62. The average Bonchev–Trinajstić information content (AvgIpc) is 3.27. The van der Waals surface area contributed by atoms with E-state index in [-0.39, 0.29) is 40.8 Å². The van der Waals surface area contributed by atoms with Crippen molar-refractivity contribution >= 4 is 11.8 Å². The molecule has 5 aliphatic carbocycles. The molecule has 0 unspecified atom stereocenters. The molecule has 0 radical (unpaired) electrons. The highest BCUT2D eigenvalue weighted by Gasteiger charge is 2.79. The summed E-state index contributed by atoms with van der Waals surface area (Å²) in [7, 11) is 0. The van der Waals surface area contributed by atoms with Crippen molar-refractivity contribution in [2.24, 2.45) is 39.9 Å². The third kappa shape index (κ3) is 2.11. The Morgan fingerprint density at radius 1 is 0.971 bits per heavy atom. The van der Waals surface area contributed by atoms with Gasteiger partial charge in [-0.25, -0.2) is 4.79 Å². The standard InChI is InChI=1S/C28H38O6/c1-23-13-18(19(14-23)33-22(30)26(23,4)31)27(32)11-8-16-15-12-21-28(34-21)9-5-6-20(29)25(28,3)17(15)7-10-24(16,27)2/h5-6,15-19,21,31-32H,7-14H2,1-4H3/t15-,16-,17-,18-,19+,21+,23+,24-,25-,26-,27+,28+/m0/s1. The normalized spacial score (nSPS) is 63.5. The second-order valence-corrected chi connectivity index (χ2v) is 13.8. The molecule has 6 heteroatoms. The Labute approximate surface area is 201 Å². The zero-order valence-corrected chi connectivity index (χ0v) is 20.8. The first kappa shape index (κ1) is 22.0. The summed E-state index contributed by atoms with van der Waals surface area (Å²) in [6.07, 6.45) is 10.00. The van der Waals surface area contributed by atoms with Crippen LogP contribution in [0.1, 0.15) is 79.1 Å². The monoisotopic (exact) mass is 470 g/mol. The minimum Gasteiger partial charge on any atom is -0.460 e. The summed E-state index contributed by atoms with van der Waals surface area (Å²) >= 11 is 0. The van der Waals surface area contributed by atoms with Crippen LogP contribution >= 0.6 is 0 Å². The minimum absolute atomic E-state index is 0.143. The van der Waals surface area contributed by atoms with Crippen molar-refractivity contribution in [3.05, 3.63) is 12.2 Å². The Kier molecular flexibility index (Phi) is 3.88. The molecule has 0 aromatic carbocycles. The van der Waals surface area contributed by atoms with Gasteiger partial charge in [0.05, 0.1) is 17.1 Å². The Balaban J connectivity index is 1.24. The van der Waals surface area contributed by atoms with Crippen LogP contribution in [0, 0.1) is 39.9 Å². The summed E-state index contributed by atoms with van der Waals surface area (Å²) in [6.45, 7) is 7.96. The SMILES string of the molecule is C[C@@]12C[C@@H](OC(=O)[C@]1(C)O)[C@@H]([C@]1(O)CC[C@H]3[C@@H]4C[C@H]5O[C@]56CC=CC(=O)[C@]6(C)[C@H]4CC[C@@]31C)C2. The first-order chi connectivity index (χ1) is 15.8. The molecule has 0 aromatic rings. The van der Waals surface area contributed by atoms with Crippen molar-refractivity contribution in [3.63, 3.8) is 0 Å². The van der Waals surface area contributed by atoms with Crippen molar-refractivity contribution in [2.75, 3.05) is 0 Å². The molecule has 186 valence electrons. The second kappa shape index (κ2) is 6.00. The lowest BCUT2D eigenvalue weighted by molar-refractivity contribution is -0.200. The summed E-state index contributed by atoms with van der Waals surface area (Å²) in [6, 6.07) is 0. The summed E-state index contributed by atoms with van der Waals surface area (Å²) in [5.74, 6) is 0.459. The summed E-state index contributed by atoms with van der Waals surface area (Å²) < 4.78 is 12.1. The molecule has 1 spiro atoms. The van der Waals surface area contributed by atoms with Crippen molar-refractivity contribution in [1.82, 2.24) is 0 Å². The number of fused-ring (bicyclic) bond motifs is 6. The Morgan fingerprint density at radius 3 is 2.47 bits per heavy atom. The molecule has 2 saturated heterocycles. The molecule has 2 N–H and O–H groups in total. The molecule has 12 atom stereocenters. The summed E-state index contributed by atoms with van der Waals surface area (Å²) in [4.78, 5) is 25.9.